The van der Waals surface area contributed by atoms with Crippen LogP contribution in [0.3, 0.4) is 0 Å². The molecule has 4 unspecified atom stereocenters. The zero-order valence-electron chi connectivity index (χ0n) is 22.0. The second kappa shape index (κ2) is 10.6. The Morgan fingerprint density at radius 1 is 0.976 bits per heavy atom. The van der Waals surface area contributed by atoms with Gasteiger partial charge in [0, 0.05) is 17.0 Å². The summed E-state index contributed by atoms with van der Waals surface area (Å²) >= 11 is 0. The number of nitrogens with zero attached hydrogens (tertiary/aromatic N) is 5. The van der Waals surface area contributed by atoms with E-state index in [2.05, 4.69) is 32.9 Å². The minimum atomic E-state index is -0.205. The summed E-state index contributed by atoms with van der Waals surface area (Å²) < 4.78 is 6.02. The molecule has 1 N–H and O–H groups in total. The van der Waals surface area contributed by atoms with Gasteiger partial charge in [0.1, 0.15) is 5.58 Å². The van der Waals surface area contributed by atoms with Crippen molar-refractivity contribution in [3.63, 3.8) is 0 Å². The Labute approximate surface area is 237 Å². The quantitative estimate of drug-likeness (QED) is 0.214. The molecular formula is C34H23N5O2. The lowest BCUT2D eigenvalue weighted by atomic mass is 9.54. The first-order valence-electron chi connectivity index (χ1n) is 13.3. The Morgan fingerprint density at radius 2 is 1.76 bits per heavy atom. The maximum Gasteiger partial charge on any atom is 0.262 e. The summed E-state index contributed by atoms with van der Waals surface area (Å²) in [5.41, 5.74) is 5.99. The van der Waals surface area contributed by atoms with Gasteiger partial charge in [-0.05, 0) is 89.1 Å². The Balaban J connectivity index is 1.48. The van der Waals surface area contributed by atoms with E-state index in [1.54, 1.807) is 18.3 Å². The van der Waals surface area contributed by atoms with Crippen LogP contribution in [0.25, 0.3) is 42.9 Å². The number of allylic oxidation sites excluding steroid dienone is 5. The van der Waals surface area contributed by atoms with Gasteiger partial charge in [-0.1, -0.05) is 42.0 Å². The van der Waals surface area contributed by atoms with E-state index in [0.29, 0.717) is 5.71 Å². The van der Waals surface area contributed by atoms with E-state index < -0.39 is 0 Å². The molecule has 0 radical (unpaired) electrons. The summed E-state index contributed by atoms with van der Waals surface area (Å²) in [6.07, 6.45) is 6.66. The average Bonchev–Trinajstić information content (AvgIpc) is 3.40. The molecule has 2 aromatic heterocycles. The molecule has 7 heteroatoms. The lowest BCUT2D eigenvalue weighted by Crippen LogP contribution is -2.40. The van der Waals surface area contributed by atoms with Gasteiger partial charge in [0.05, 0.1) is 31.9 Å². The molecule has 4 aromatic rings. The summed E-state index contributed by atoms with van der Waals surface area (Å²) in [7, 11) is 0. The normalized spacial score (nSPS) is 22.3. The highest BCUT2D eigenvalue weighted by Gasteiger charge is 2.47. The van der Waals surface area contributed by atoms with Gasteiger partial charge in [-0.2, -0.15) is 0 Å². The maximum absolute atomic E-state index is 10.5. The number of hydrogen-bond acceptors (Lipinski definition) is 5. The molecule has 2 aromatic carbocycles. The van der Waals surface area contributed by atoms with Crippen molar-refractivity contribution in [1.82, 2.24) is 4.98 Å². The number of pyridine rings is 1. The molecule has 0 saturated heterocycles. The van der Waals surface area contributed by atoms with E-state index in [-0.39, 0.29) is 41.7 Å². The highest BCUT2D eigenvalue weighted by Crippen LogP contribution is 2.57. The molecule has 2 bridgehead atoms. The fraction of sp³-hybridized carbons (Fsp3) is 0.206. The Kier molecular flexibility index (Phi) is 6.66. The molecule has 0 spiro atoms. The average molecular weight is 534 g/mol. The van der Waals surface area contributed by atoms with Crippen LogP contribution in [0.5, 0.6) is 0 Å². The number of rotatable bonds is 5. The zero-order chi connectivity index (χ0) is 28.5. The van der Waals surface area contributed by atoms with Crippen LogP contribution in [0.1, 0.15) is 24.3 Å². The molecule has 2 heterocycles. The third-order valence-corrected chi connectivity index (χ3v) is 8.46. The van der Waals surface area contributed by atoms with Crippen LogP contribution in [0.15, 0.2) is 99.9 Å². The zero-order valence-corrected chi connectivity index (χ0v) is 22.0. The van der Waals surface area contributed by atoms with Crippen LogP contribution in [0, 0.1) is 53.6 Å². The molecular weight excluding hydrogens is 510 g/mol. The van der Waals surface area contributed by atoms with Crippen molar-refractivity contribution in [2.45, 2.75) is 18.8 Å². The van der Waals surface area contributed by atoms with Crippen LogP contribution in [0.2, 0.25) is 0 Å². The smallest absolute Gasteiger partial charge is 0.262 e. The maximum atomic E-state index is 10.5. The highest BCUT2D eigenvalue weighted by atomic mass is 16.3. The predicted molar refractivity (Wildman–Crippen MR) is 154 cm³/mol. The topological polar surface area (TPSA) is 103 Å². The Morgan fingerprint density at radius 3 is 2.51 bits per heavy atom. The molecule has 4 atom stereocenters. The fourth-order valence-corrected chi connectivity index (χ4v) is 6.77. The summed E-state index contributed by atoms with van der Waals surface area (Å²) in [6.45, 7) is 14.7. The fourth-order valence-electron chi connectivity index (χ4n) is 6.77. The lowest BCUT2D eigenvalue weighted by Gasteiger charge is -2.50. The van der Waals surface area contributed by atoms with Gasteiger partial charge in [-0.15, -0.1) is 0 Å². The number of fused-ring (bicyclic) bond motifs is 5. The standard InChI is InChI=1S/C34H23N5O2/c1-37-23(17-35)15-29-25-10-11-27(31(29)19-40)33(30(25)16-24(18-36)38-2)22-6-3-5-20(13-22)21-8-9-26-28-7-4-12-39-34(28)41-32(26)14-21/h3-9,12-16,25,27,30,33,40H,10-11,19H2/b23-15-,24-16+. The number of aliphatic hydroxyl groups is 1. The van der Waals surface area contributed by atoms with Crippen LogP contribution in [-0.4, -0.2) is 16.7 Å². The summed E-state index contributed by atoms with van der Waals surface area (Å²) in [5.74, 6) is -0.488. The Bertz CT molecular complexity index is 1940. The van der Waals surface area contributed by atoms with Crippen molar-refractivity contribution < 1.29 is 9.52 Å². The number of furan rings is 1. The van der Waals surface area contributed by atoms with E-state index in [9.17, 15) is 15.6 Å². The van der Waals surface area contributed by atoms with Crippen molar-refractivity contribution in [2.75, 3.05) is 6.61 Å². The minimum Gasteiger partial charge on any atom is -0.438 e. The van der Waals surface area contributed by atoms with E-state index in [1.165, 1.54) is 0 Å². The Hall–Kier alpha value is -5.47. The molecule has 1 saturated carbocycles. The van der Waals surface area contributed by atoms with Gasteiger partial charge in [0.15, 0.2) is 0 Å². The molecule has 7 rings (SSSR count). The number of benzene rings is 2. The van der Waals surface area contributed by atoms with Gasteiger partial charge < -0.3 is 9.52 Å². The third-order valence-electron chi connectivity index (χ3n) is 8.46. The molecule has 41 heavy (non-hydrogen) atoms. The van der Waals surface area contributed by atoms with E-state index >= 15 is 0 Å². The first-order valence-corrected chi connectivity index (χ1v) is 13.3. The number of hydrogen-bond donors (Lipinski definition) is 1. The van der Waals surface area contributed by atoms with Crippen molar-refractivity contribution in [3.8, 4) is 23.3 Å². The monoisotopic (exact) mass is 533 g/mol. The number of aliphatic hydroxyl groups excluding tert-OH is 1. The van der Waals surface area contributed by atoms with Crippen LogP contribution in [0.4, 0.5) is 0 Å². The molecule has 0 amide bonds. The summed E-state index contributed by atoms with van der Waals surface area (Å²) in [6, 6.07) is 22.2. The van der Waals surface area contributed by atoms with E-state index in [0.717, 1.165) is 57.0 Å². The van der Waals surface area contributed by atoms with E-state index in [1.807, 2.05) is 48.5 Å². The molecule has 196 valence electrons. The molecule has 3 aliphatic rings. The molecule has 1 fully saturated rings. The highest BCUT2D eigenvalue weighted by molar-refractivity contribution is 6.04. The summed E-state index contributed by atoms with van der Waals surface area (Å²) in [4.78, 5) is 11.1. The van der Waals surface area contributed by atoms with Crippen molar-refractivity contribution in [1.29, 1.82) is 10.5 Å². The van der Waals surface area contributed by atoms with Crippen molar-refractivity contribution in [3.05, 3.63) is 124 Å². The molecule has 0 aliphatic heterocycles. The largest absolute Gasteiger partial charge is 0.438 e. The van der Waals surface area contributed by atoms with Gasteiger partial charge in [-0.25, -0.2) is 25.2 Å². The SMILES string of the molecule is [C-]#[N+]/C(C#N)=C\C1=C(CO)C2CCC1C(/C=C(\C#N)[N+]#[C-])C2c1cccc(-c2ccc3c(c2)oc2ncccc23)c1. The van der Waals surface area contributed by atoms with Gasteiger partial charge in [-0.3, -0.25) is 0 Å². The number of nitriles is 2. The predicted octanol–water partition coefficient (Wildman–Crippen LogP) is 7.33. The molecule has 7 nitrogen and oxygen atoms in total. The van der Waals surface area contributed by atoms with Gasteiger partial charge in [0.2, 0.25) is 5.71 Å². The molecule has 3 aliphatic carbocycles. The first-order chi connectivity index (χ1) is 20.1. The minimum absolute atomic E-state index is 0.0206. The number of aromatic nitrogens is 1. The second-order valence-corrected chi connectivity index (χ2v) is 10.4. The van der Waals surface area contributed by atoms with Crippen LogP contribution >= 0.6 is 0 Å². The lowest BCUT2D eigenvalue weighted by molar-refractivity contribution is 0.174. The van der Waals surface area contributed by atoms with Crippen LogP contribution in [-0.2, 0) is 0 Å². The van der Waals surface area contributed by atoms with Gasteiger partial charge >= 0.3 is 0 Å². The van der Waals surface area contributed by atoms with Crippen molar-refractivity contribution >= 4 is 22.1 Å². The second-order valence-electron chi connectivity index (χ2n) is 10.4. The van der Waals surface area contributed by atoms with Gasteiger partial charge in [0.25, 0.3) is 11.4 Å². The van der Waals surface area contributed by atoms with Crippen molar-refractivity contribution in [2.24, 2.45) is 17.8 Å². The first kappa shape index (κ1) is 25.8. The third kappa shape index (κ3) is 4.36. The van der Waals surface area contributed by atoms with E-state index in [4.69, 9.17) is 17.6 Å². The van der Waals surface area contributed by atoms with Crippen LogP contribution < -0.4 is 0 Å². The summed E-state index contributed by atoms with van der Waals surface area (Å²) in [5, 5.41) is 31.5.